The molecule has 2 heterocycles. The fraction of sp³-hybridized carbons (Fsp3) is 0.160. The summed E-state index contributed by atoms with van der Waals surface area (Å²) in [4.78, 5) is 27.1. The van der Waals surface area contributed by atoms with Crippen LogP contribution in [0.4, 0.5) is 10.1 Å². The van der Waals surface area contributed by atoms with Crippen LogP contribution in [0.1, 0.15) is 35.5 Å². The number of ether oxygens (including phenoxy) is 2. The number of halogens is 1. The quantitative estimate of drug-likeness (QED) is 0.107. The molecule has 0 radical (unpaired) electrons. The van der Waals surface area contributed by atoms with E-state index in [-0.39, 0.29) is 46.5 Å². The lowest BCUT2D eigenvalue weighted by Crippen LogP contribution is -2.18. The van der Waals surface area contributed by atoms with E-state index in [4.69, 9.17) is 20.6 Å². The predicted octanol–water partition coefficient (Wildman–Crippen LogP) is 1.98. The van der Waals surface area contributed by atoms with E-state index in [0.29, 0.717) is 11.3 Å². The predicted molar refractivity (Wildman–Crippen MR) is 136 cm³/mol. The van der Waals surface area contributed by atoms with Gasteiger partial charge in [0.2, 0.25) is 0 Å². The lowest BCUT2D eigenvalue weighted by molar-refractivity contribution is -0.131. The van der Waals surface area contributed by atoms with Crippen molar-refractivity contribution in [2.75, 3.05) is 12.4 Å². The lowest BCUT2D eigenvalue weighted by Gasteiger charge is -2.21. The molecule has 0 aliphatic heterocycles. The van der Waals surface area contributed by atoms with Crippen LogP contribution in [0.2, 0.25) is 0 Å². The molecule has 0 amide bonds. The molecule has 0 aliphatic carbocycles. The number of esters is 1. The summed E-state index contributed by atoms with van der Waals surface area (Å²) in [5.74, 6) is -1.45. The summed E-state index contributed by atoms with van der Waals surface area (Å²) in [5.41, 5.74) is 6.03. The number of methoxy groups -OCH3 is 1. The van der Waals surface area contributed by atoms with E-state index in [1.807, 2.05) is 6.07 Å². The summed E-state index contributed by atoms with van der Waals surface area (Å²) < 4.78 is 26.3. The Morgan fingerprint density at radius 3 is 2.74 bits per heavy atom. The fourth-order valence-electron chi connectivity index (χ4n) is 3.79. The third-order valence-electron chi connectivity index (χ3n) is 5.48. The van der Waals surface area contributed by atoms with Crippen molar-refractivity contribution < 1.29 is 18.7 Å². The SMILES string of the molecule is COc1cc(C(Nc2ccc(C(=N)N)c(OC(C)=O)c2)c2nn(-c3cccnn3)c(=O)[nH]2)cc(CC#N)c1F. The van der Waals surface area contributed by atoms with Gasteiger partial charge in [0.05, 0.1) is 25.2 Å². The van der Waals surface area contributed by atoms with E-state index >= 15 is 0 Å². The van der Waals surface area contributed by atoms with Crippen molar-refractivity contribution in [2.24, 2.45) is 5.73 Å². The van der Waals surface area contributed by atoms with E-state index in [2.05, 4.69) is 25.6 Å². The first-order chi connectivity index (χ1) is 18.7. The van der Waals surface area contributed by atoms with Crippen LogP contribution in [0.5, 0.6) is 11.5 Å². The van der Waals surface area contributed by atoms with Crippen LogP contribution in [-0.4, -0.2) is 43.9 Å². The number of anilines is 1. The number of amidine groups is 1. The Morgan fingerprint density at radius 1 is 1.31 bits per heavy atom. The van der Waals surface area contributed by atoms with Crippen LogP contribution in [-0.2, 0) is 11.2 Å². The topological polar surface area (TPSA) is 198 Å². The van der Waals surface area contributed by atoms with Gasteiger partial charge < -0.3 is 20.5 Å². The summed E-state index contributed by atoms with van der Waals surface area (Å²) >= 11 is 0. The highest BCUT2D eigenvalue weighted by Crippen LogP contribution is 2.33. The number of nitrogens with zero attached hydrogens (tertiary/aromatic N) is 5. The van der Waals surface area contributed by atoms with Gasteiger partial charge in [0, 0.05) is 30.4 Å². The number of carbonyl (C=O) groups excluding carboxylic acids is 1. The number of benzene rings is 2. The number of hydrogen-bond acceptors (Lipinski definition) is 10. The zero-order valence-electron chi connectivity index (χ0n) is 20.7. The number of nitriles is 1. The van der Waals surface area contributed by atoms with E-state index in [9.17, 15) is 19.2 Å². The molecule has 0 fully saturated rings. The van der Waals surface area contributed by atoms with Crippen LogP contribution >= 0.6 is 0 Å². The Kier molecular flexibility index (Phi) is 7.62. The third-order valence-corrected chi connectivity index (χ3v) is 5.48. The number of aromatic amines is 1. The van der Waals surface area contributed by atoms with E-state index in [1.165, 1.54) is 44.5 Å². The van der Waals surface area contributed by atoms with E-state index in [1.54, 1.807) is 18.2 Å². The van der Waals surface area contributed by atoms with Gasteiger partial charge >= 0.3 is 11.7 Å². The zero-order chi connectivity index (χ0) is 28.1. The summed E-state index contributed by atoms with van der Waals surface area (Å²) in [6.07, 6.45) is 1.20. The molecule has 0 saturated carbocycles. The molecule has 4 aromatic rings. The Balaban J connectivity index is 1.87. The van der Waals surface area contributed by atoms with Crippen LogP contribution in [0.25, 0.3) is 5.82 Å². The molecular weight excluding hydrogens is 509 g/mol. The Morgan fingerprint density at radius 2 is 2.10 bits per heavy atom. The number of hydrogen-bond donors (Lipinski definition) is 4. The van der Waals surface area contributed by atoms with Crippen molar-refractivity contribution in [3.8, 4) is 23.4 Å². The lowest BCUT2D eigenvalue weighted by atomic mass is 10.00. The van der Waals surface area contributed by atoms with Crippen molar-refractivity contribution in [2.45, 2.75) is 19.4 Å². The van der Waals surface area contributed by atoms with Gasteiger partial charge in [0.25, 0.3) is 0 Å². The molecule has 39 heavy (non-hydrogen) atoms. The highest BCUT2D eigenvalue weighted by atomic mass is 19.1. The number of nitrogens with two attached hydrogens (primary N) is 1. The zero-order valence-corrected chi connectivity index (χ0v) is 20.7. The van der Waals surface area contributed by atoms with Gasteiger partial charge in [0.15, 0.2) is 23.2 Å². The van der Waals surface area contributed by atoms with Gasteiger partial charge in [-0.3, -0.25) is 15.2 Å². The molecule has 1 atom stereocenters. The van der Waals surface area contributed by atoms with Gasteiger partial charge in [-0.25, -0.2) is 9.18 Å². The molecule has 0 spiro atoms. The molecule has 4 rings (SSSR count). The highest BCUT2D eigenvalue weighted by molar-refractivity contribution is 5.98. The minimum atomic E-state index is -0.934. The minimum absolute atomic E-state index is 0.0270. The molecule has 198 valence electrons. The minimum Gasteiger partial charge on any atom is -0.494 e. The normalized spacial score (nSPS) is 11.3. The summed E-state index contributed by atoms with van der Waals surface area (Å²) in [5, 5.41) is 32.2. The average Bonchev–Trinajstić information content (AvgIpc) is 3.30. The summed E-state index contributed by atoms with van der Waals surface area (Å²) in [6, 6.07) is 11.5. The maximum absolute atomic E-state index is 14.8. The number of H-pyrrole nitrogens is 1. The number of carbonyl (C=O) groups is 1. The van der Waals surface area contributed by atoms with Gasteiger partial charge in [-0.05, 0) is 42.0 Å². The second-order valence-corrected chi connectivity index (χ2v) is 8.14. The van der Waals surface area contributed by atoms with Gasteiger partial charge in [-0.2, -0.15) is 15.0 Å². The Labute approximate surface area is 220 Å². The van der Waals surface area contributed by atoms with E-state index in [0.717, 1.165) is 4.68 Å². The molecule has 14 heteroatoms. The van der Waals surface area contributed by atoms with Crippen molar-refractivity contribution in [1.82, 2.24) is 25.0 Å². The van der Waals surface area contributed by atoms with Crippen LogP contribution in [0, 0.1) is 22.6 Å². The van der Waals surface area contributed by atoms with Crippen LogP contribution < -0.4 is 26.2 Å². The first-order valence-electron chi connectivity index (χ1n) is 11.4. The Bertz CT molecular complexity index is 1640. The molecule has 2 aromatic carbocycles. The summed E-state index contributed by atoms with van der Waals surface area (Å²) in [7, 11) is 1.29. The molecule has 13 nitrogen and oxygen atoms in total. The van der Waals surface area contributed by atoms with Gasteiger partial charge in [0.1, 0.15) is 17.6 Å². The monoisotopic (exact) mass is 531 g/mol. The maximum Gasteiger partial charge on any atom is 0.349 e. The van der Waals surface area contributed by atoms with Crippen molar-refractivity contribution in [3.05, 3.63) is 87.5 Å². The van der Waals surface area contributed by atoms with Crippen molar-refractivity contribution in [1.29, 1.82) is 10.7 Å². The number of nitrogen functional groups attached to an aromatic ring is 1. The largest absolute Gasteiger partial charge is 0.494 e. The van der Waals surface area contributed by atoms with Gasteiger partial charge in [-0.15, -0.1) is 10.2 Å². The average molecular weight is 532 g/mol. The second kappa shape index (κ2) is 11.2. The molecular formula is C25H22FN9O4. The fourth-order valence-corrected chi connectivity index (χ4v) is 3.79. The molecule has 0 saturated heterocycles. The number of rotatable bonds is 9. The molecule has 1 unspecified atom stereocenters. The third kappa shape index (κ3) is 5.72. The van der Waals surface area contributed by atoms with Crippen LogP contribution in [0.3, 0.4) is 0 Å². The molecule has 0 bridgehead atoms. The van der Waals surface area contributed by atoms with E-state index < -0.39 is 23.5 Å². The molecule has 5 N–H and O–H groups in total. The highest BCUT2D eigenvalue weighted by Gasteiger charge is 2.24. The first-order valence-corrected chi connectivity index (χ1v) is 11.4. The first kappa shape index (κ1) is 26.5. The number of aromatic nitrogens is 5. The standard InChI is InChI=1S/C25H22FN9O4/c1-13(36)39-18-12-16(5-6-17(18)23(28)29)31-22(15-10-14(7-8-27)21(26)19(11-15)38-2)24-32-25(37)35(34-24)20-4-3-9-30-33-20/h3-6,9-12,22,31H,7H2,1-2H3,(H3,28,29)(H,32,34,37). The number of nitrogens with one attached hydrogen (secondary N) is 3. The molecule has 2 aromatic heterocycles. The van der Waals surface area contributed by atoms with Gasteiger partial charge in [-0.1, -0.05) is 0 Å². The smallest absolute Gasteiger partial charge is 0.349 e. The molecule has 0 aliphatic rings. The van der Waals surface area contributed by atoms with Crippen molar-refractivity contribution in [3.63, 3.8) is 0 Å². The second-order valence-electron chi connectivity index (χ2n) is 8.14. The van der Waals surface area contributed by atoms with Crippen molar-refractivity contribution >= 4 is 17.5 Å². The summed E-state index contributed by atoms with van der Waals surface area (Å²) in [6.45, 7) is 1.21. The maximum atomic E-state index is 14.8. The Hall–Kier alpha value is -5.58. The van der Waals surface area contributed by atoms with Crippen LogP contribution in [0.15, 0.2) is 53.5 Å².